The first-order chi connectivity index (χ1) is 15.7. The quantitative estimate of drug-likeness (QED) is 0.665. The van der Waals surface area contributed by atoms with Gasteiger partial charge in [-0.25, -0.2) is 4.98 Å². The van der Waals surface area contributed by atoms with E-state index in [1.165, 1.54) is 31.2 Å². The van der Waals surface area contributed by atoms with Gasteiger partial charge in [-0.3, -0.25) is 19.3 Å². The van der Waals surface area contributed by atoms with Crippen molar-refractivity contribution in [3.63, 3.8) is 0 Å². The number of piperazine rings is 1. The maximum absolute atomic E-state index is 13.0. The summed E-state index contributed by atoms with van der Waals surface area (Å²) < 4.78 is 5.69. The number of carbonyl (C=O) groups is 2. The highest BCUT2D eigenvalue weighted by atomic mass is 16.5. The van der Waals surface area contributed by atoms with E-state index in [0.29, 0.717) is 42.7 Å². The fourth-order valence-corrected chi connectivity index (χ4v) is 4.03. The van der Waals surface area contributed by atoms with Gasteiger partial charge in [0.25, 0.3) is 5.91 Å². The molecule has 1 saturated carbocycles. The average molecular weight is 454 g/mol. The van der Waals surface area contributed by atoms with Gasteiger partial charge in [-0.2, -0.15) is 0 Å². The molecular formula is C24H31N5O4. The Morgan fingerprint density at radius 1 is 1.24 bits per heavy atom. The number of anilines is 1. The number of aromatic amines is 1. The van der Waals surface area contributed by atoms with E-state index < -0.39 is 5.54 Å². The number of nitrogens with zero attached hydrogens (tertiary/aromatic N) is 3. The summed E-state index contributed by atoms with van der Waals surface area (Å²) in [5.41, 5.74) is -0.290. The van der Waals surface area contributed by atoms with E-state index in [1.54, 1.807) is 17.2 Å². The number of amides is 2. The lowest BCUT2D eigenvalue weighted by Crippen LogP contribution is -2.63. The van der Waals surface area contributed by atoms with E-state index in [2.05, 4.69) is 20.2 Å². The molecule has 0 bridgehead atoms. The van der Waals surface area contributed by atoms with Gasteiger partial charge in [-0.05, 0) is 57.7 Å². The number of pyridine rings is 2. The van der Waals surface area contributed by atoms with E-state index in [1.807, 2.05) is 26.8 Å². The van der Waals surface area contributed by atoms with Crippen molar-refractivity contribution in [1.29, 1.82) is 0 Å². The van der Waals surface area contributed by atoms with Crippen LogP contribution in [0.15, 0.2) is 41.5 Å². The van der Waals surface area contributed by atoms with Crippen molar-refractivity contribution in [3.05, 3.63) is 52.6 Å². The van der Waals surface area contributed by atoms with E-state index >= 15 is 0 Å². The summed E-state index contributed by atoms with van der Waals surface area (Å²) in [6, 6.07) is 6.07. The molecule has 0 aromatic carbocycles. The Morgan fingerprint density at radius 2 is 2.03 bits per heavy atom. The first-order valence-electron chi connectivity index (χ1n) is 11.4. The van der Waals surface area contributed by atoms with Crippen LogP contribution in [0.3, 0.4) is 0 Å². The summed E-state index contributed by atoms with van der Waals surface area (Å²) in [6.45, 7) is 8.12. The number of rotatable bonds is 7. The van der Waals surface area contributed by atoms with Crippen molar-refractivity contribution in [2.75, 3.05) is 31.6 Å². The Bertz CT molecular complexity index is 1040. The number of ether oxygens (including phenoxy) is 1. The topological polar surface area (TPSA) is 108 Å². The molecule has 176 valence electrons. The molecule has 9 nitrogen and oxygen atoms in total. The highest BCUT2D eigenvalue weighted by Crippen LogP contribution is 2.29. The molecule has 2 amide bonds. The summed E-state index contributed by atoms with van der Waals surface area (Å²) in [7, 11) is 0. The molecule has 2 aliphatic rings. The first kappa shape index (κ1) is 23.0. The smallest absolute Gasteiger partial charge is 0.255 e. The van der Waals surface area contributed by atoms with Crippen molar-refractivity contribution >= 4 is 17.6 Å². The lowest BCUT2D eigenvalue weighted by Gasteiger charge is -2.48. The van der Waals surface area contributed by atoms with Gasteiger partial charge >= 0.3 is 0 Å². The predicted octanol–water partition coefficient (Wildman–Crippen LogP) is 2.12. The normalized spacial score (nSPS) is 19.1. The number of aromatic nitrogens is 2. The Hall–Kier alpha value is -3.20. The van der Waals surface area contributed by atoms with E-state index in [-0.39, 0.29) is 23.4 Å². The Labute approximate surface area is 193 Å². The third kappa shape index (κ3) is 5.60. The fraction of sp³-hybridized carbons (Fsp3) is 0.500. The fourth-order valence-electron chi connectivity index (χ4n) is 4.03. The number of carbonyl (C=O) groups excluding carboxylic acids is 2. The molecule has 9 heteroatoms. The molecule has 3 heterocycles. The van der Waals surface area contributed by atoms with Crippen LogP contribution in [-0.2, 0) is 4.79 Å². The van der Waals surface area contributed by atoms with Gasteiger partial charge in [-0.1, -0.05) is 0 Å². The standard InChI is InChI=1S/C24H31N5O4/c1-16(22(31)27-20-8-7-19(13-25-20)33-14-17-4-5-17)28-10-11-29(24(2,3)15-28)23(32)18-6-9-21(30)26-12-18/h6-9,12-13,16-17H,4-5,10-11,14-15H2,1-3H3,(H,26,30)(H,25,27,31)/t16-/m1/s1. The van der Waals surface area contributed by atoms with Gasteiger partial charge in [-0.15, -0.1) is 0 Å². The molecule has 1 saturated heterocycles. The van der Waals surface area contributed by atoms with Crippen LogP contribution in [0, 0.1) is 5.92 Å². The number of hydrogen-bond acceptors (Lipinski definition) is 6. The Balaban J connectivity index is 1.33. The van der Waals surface area contributed by atoms with Crippen LogP contribution in [0.5, 0.6) is 5.75 Å². The number of H-pyrrole nitrogens is 1. The summed E-state index contributed by atoms with van der Waals surface area (Å²) in [6.07, 6.45) is 5.53. The maximum Gasteiger partial charge on any atom is 0.255 e. The Morgan fingerprint density at radius 3 is 2.64 bits per heavy atom. The van der Waals surface area contributed by atoms with Crippen LogP contribution >= 0.6 is 0 Å². The second-order valence-corrected chi connectivity index (χ2v) is 9.48. The molecular weight excluding hydrogens is 422 g/mol. The van der Waals surface area contributed by atoms with E-state index in [0.717, 1.165) is 6.61 Å². The van der Waals surface area contributed by atoms with Crippen LogP contribution in [0.2, 0.25) is 0 Å². The lowest BCUT2D eigenvalue weighted by atomic mass is 9.96. The molecule has 4 rings (SSSR count). The van der Waals surface area contributed by atoms with Crippen molar-refractivity contribution < 1.29 is 14.3 Å². The molecule has 1 aliphatic carbocycles. The molecule has 0 radical (unpaired) electrons. The second-order valence-electron chi connectivity index (χ2n) is 9.48. The summed E-state index contributed by atoms with van der Waals surface area (Å²) in [4.78, 5) is 47.8. The van der Waals surface area contributed by atoms with Crippen LogP contribution in [-0.4, -0.2) is 69.4 Å². The summed E-state index contributed by atoms with van der Waals surface area (Å²) in [5, 5.41) is 2.87. The second kappa shape index (κ2) is 9.35. The molecule has 0 spiro atoms. The maximum atomic E-state index is 13.0. The van der Waals surface area contributed by atoms with Crippen LogP contribution in [0.1, 0.15) is 44.0 Å². The average Bonchev–Trinajstić information content (AvgIpc) is 3.62. The van der Waals surface area contributed by atoms with Gasteiger partial charge in [0.1, 0.15) is 11.6 Å². The molecule has 2 aromatic heterocycles. The monoisotopic (exact) mass is 453 g/mol. The van der Waals surface area contributed by atoms with E-state index in [4.69, 9.17) is 4.74 Å². The van der Waals surface area contributed by atoms with Gasteiger partial charge < -0.3 is 19.9 Å². The van der Waals surface area contributed by atoms with Gasteiger partial charge in [0.15, 0.2) is 0 Å². The lowest BCUT2D eigenvalue weighted by molar-refractivity contribution is -0.122. The van der Waals surface area contributed by atoms with Crippen LogP contribution in [0.25, 0.3) is 0 Å². The zero-order valence-corrected chi connectivity index (χ0v) is 19.3. The molecule has 2 fully saturated rings. The number of hydrogen-bond donors (Lipinski definition) is 2. The van der Waals surface area contributed by atoms with Gasteiger partial charge in [0, 0.05) is 31.9 Å². The number of nitrogens with one attached hydrogen (secondary N) is 2. The molecule has 1 atom stereocenters. The largest absolute Gasteiger partial charge is 0.492 e. The summed E-state index contributed by atoms with van der Waals surface area (Å²) >= 11 is 0. The molecule has 1 aliphatic heterocycles. The van der Waals surface area contributed by atoms with Gasteiger partial charge in [0.2, 0.25) is 11.5 Å². The molecule has 33 heavy (non-hydrogen) atoms. The summed E-state index contributed by atoms with van der Waals surface area (Å²) in [5.74, 6) is 1.57. The van der Waals surface area contributed by atoms with Crippen molar-refractivity contribution in [2.24, 2.45) is 5.92 Å². The highest BCUT2D eigenvalue weighted by molar-refractivity contribution is 5.95. The predicted molar refractivity (Wildman–Crippen MR) is 124 cm³/mol. The zero-order valence-electron chi connectivity index (χ0n) is 19.3. The minimum atomic E-state index is -0.487. The van der Waals surface area contributed by atoms with Crippen LogP contribution in [0.4, 0.5) is 5.82 Å². The van der Waals surface area contributed by atoms with Crippen molar-refractivity contribution in [1.82, 2.24) is 19.8 Å². The van der Waals surface area contributed by atoms with Gasteiger partial charge in [0.05, 0.1) is 29.9 Å². The first-order valence-corrected chi connectivity index (χ1v) is 11.4. The molecule has 0 unspecified atom stereocenters. The third-order valence-corrected chi connectivity index (χ3v) is 6.31. The molecule has 2 aromatic rings. The highest BCUT2D eigenvalue weighted by Gasteiger charge is 2.39. The van der Waals surface area contributed by atoms with Crippen LogP contribution < -0.4 is 15.6 Å². The minimum absolute atomic E-state index is 0.138. The van der Waals surface area contributed by atoms with E-state index in [9.17, 15) is 14.4 Å². The van der Waals surface area contributed by atoms with Crippen molar-refractivity contribution in [3.8, 4) is 5.75 Å². The minimum Gasteiger partial charge on any atom is -0.492 e. The molecule has 2 N–H and O–H groups in total. The third-order valence-electron chi connectivity index (χ3n) is 6.31. The SMILES string of the molecule is C[C@H](C(=O)Nc1ccc(OCC2CC2)cn1)N1CCN(C(=O)c2ccc(=O)[nH]c2)C(C)(C)C1. The Kier molecular flexibility index (Phi) is 6.51. The van der Waals surface area contributed by atoms with Crippen molar-refractivity contribution in [2.45, 2.75) is 45.2 Å². The zero-order chi connectivity index (χ0) is 23.6.